The van der Waals surface area contributed by atoms with Crippen LogP contribution in [0.1, 0.15) is 47.0 Å². The number of sulfone groups is 1. The van der Waals surface area contributed by atoms with Crippen molar-refractivity contribution in [3.63, 3.8) is 0 Å². The third-order valence-electron chi connectivity index (χ3n) is 5.27. The standard InChI is InChI=1S/C15H32O6S2Si/c1-13(8-11-21-24(6,7)14(2,3)4)23(18,19)15(9-10-15)12-20-22(5,16)17/h13H,8-12H2,1-7H3. The Kier molecular flexibility index (Phi) is 6.42. The minimum atomic E-state index is -3.64. The first-order valence-electron chi connectivity index (χ1n) is 8.26. The van der Waals surface area contributed by atoms with Crippen LogP contribution in [0.25, 0.3) is 0 Å². The van der Waals surface area contributed by atoms with Gasteiger partial charge in [-0.2, -0.15) is 8.42 Å². The summed E-state index contributed by atoms with van der Waals surface area (Å²) in [5, 5.41) is -0.496. The summed E-state index contributed by atoms with van der Waals surface area (Å²) in [6.45, 7) is 12.5. The van der Waals surface area contributed by atoms with Crippen LogP contribution in [0.5, 0.6) is 0 Å². The Balaban J connectivity index is 2.65. The van der Waals surface area contributed by atoms with E-state index in [1.807, 2.05) is 0 Å². The van der Waals surface area contributed by atoms with E-state index in [1.54, 1.807) is 6.92 Å². The molecule has 1 saturated carbocycles. The third-order valence-corrected chi connectivity index (χ3v) is 13.4. The molecule has 1 fully saturated rings. The van der Waals surface area contributed by atoms with Gasteiger partial charge >= 0.3 is 0 Å². The number of rotatable bonds is 9. The summed E-state index contributed by atoms with van der Waals surface area (Å²) in [5.41, 5.74) is 0. The predicted octanol–water partition coefficient (Wildman–Crippen LogP) is 2.71. The molecule has 0 aromatic carbocycles. The topological polar surface area (TPSA) is 86.7 Å². The van der Waals surface area contributed by atoms with Crippen molar-refractivity contribution in [3.8, 4) is 0 Å². The van der Waals surface area contributed by atoms with Gasteiger partial charge in [-0.25, -0.2) is 8.42 Å². The molecule has 0 amide bonds. The monoisotopic (exact) mass is 400 g/mol. The maximum atomic E-state index is 12.8. The minimum Gasteiger partial charge on any atom is -0.417 e. The zero-order valence-corrected chi connectivity index (χ0v) is 18.5. The van der Waals surface area contributed by atoms with Crippen LogP contribution in [0.4, 0.5) is 0 Å². The second-order valence-electron chi connectivity index (χ2n) is 8.40. The van der Waals surface area contributed by atoms with Crippen LogP contribution < -0.4 is 0 Å². The molecule has 0 aliphatic heterocycles. The van der Waals surface area contributed by atoms with Gasteiger partial charge in [0.05, 0.1) is 22.9 Å². The van der Waals surface area contributed by atoms with Gasteiger partial charge < -0.3 is 4.43 Å². The molecule has 0 radical (unpaired) electrons. The van der Waals surface area contributed by atoms with E-state index in [-0.39, 0.29) is 11.6 Å². The smallest absolute Gasteiger partial charge is 0.264 e. The van der Waals surface area contributed by atoms with Crippen LogP contribution in [0.2, 0.25) is 18.1 Å². The van der Waals surface area contributed by atoms with Crippen molar-refractivity contribution in [1.29, 1.82) is 0 Å². The van der Waals surface area contributed by atoms with E-state index in [9.17, 15) is 16.8 Å². The summed E-state index contributed by atoms with van der Waals surface area (Å²) >= 11 is 0. The SMILES string of the molecule is CC(CCO[Si](C)(C)C(C)(C)C)S(=O)(=O)C1(COS(C)(=O)=O)CC1. The second kappa shape index (κ2) is 6.98. The summed E-state index contributed by atoms with van der Waals surface area (Å²) in [6.07, 6.45) is 2.26. The first-order valence-corrected chi connectivity index (χ1v) is 14.5. The van der Waals surface area contributed by atoms with Gasteiger partial charge in [-0.3, -0.25) is 4.18 Å². The molecule has 24 heavy (non-hydrogen) atoms. The summed E-state index contributed by atoms with van der Waals surface area (Å²) in [7, 11) is -9.00. The minimum absolute atomic E-state index is 0.0795. The number of hydrogen-bond donors (Lipinski definition) is 0. The van der Waals surface area contributed by atoms with Crippen molar-refractivity contribution in [2.45, 2.75) is 75.1 Å². The van der Waals surface area contributed by atoms with Crippen molar-refractivity contribution in [2.75, 3.05) is 19.5 Å². The lowest BCUT2D eigenvalue weighted by Gasteiger charge is -2.36. The zero-order valence-electron chi connectivity index (χ0n) is 15.9. The second-order valence-corrected chi connectivity index (χ2v) is 17.6. The highest BCUT2D eigenvalue weighted by Gasteiger charge is 2.56. The normalized spacial score (nSPS) is 20.0. The first kappa shape index (κ1) is 22.1. The van der Waals surface area contributed by atoms with Crippen LogP contribution in [-0.2, 0) is 28.6 Å². The maximum Gasteiger partial charge on any atom is 0.264 e. The molecule has 0 spiro atoms. The van der Waals surface area contributed by atoms with Crippen molar-refractivity contribution >= 4 is 28.3 Å². The van der Waals surface area contributed by atoms with Crippen molar-refractivity contribution in [3.05, 3.63) is 0 Å². The summed E-state index contributed by atoms with van der Waals surface area (Å²) < 4.78 is 57.6. The van der Waals surface area contributed by atoms with Gasteiger partial charge in [-0.15, -0.1) is 0 Å². The average Bonchev–Trinajstić information content (AvgIpc) is 3.15. The first-order chi connectivity index (χ1) is 10.5. The Bertz CT molecular complexity index is 642. The molecular formula is C15H32O6S2Si. The summed E-state index contributed by atoms with van der Waals surface area (Å²) in [4.78, 5) is 0. The molecule has 0 N–H and O–H groups in total. The summed E-state index contributed by atoms with van der Waals surface area (Å²) in [5.74, 6) is 0. The lowest BCUT2D eigenvalue weighted by Crippen LogP contribution is -2.42. The molecule has 0 heterocycles. The fraction of sp³-hybridized carbons (Fsp3) is 1.00. The van der Waals surface area contributed by atoms with E-state index in [0.717, 1.165) is 6.26 Å². The van der Waals surface area contributed by atoms with Crippen molar-refractivity contribution in [1.82, 2.24) is 0 Å². The number of hydrogen-bond acceptors (Lipinski definition) is 6. The molecule has 0 saturated heterocycles. The largest absolute Gasteiger partial charge is 0.417 e. The molecule has 1 aliphatic rings. The van der Waals surface area contributed by atoms with Gasteiger partial charge in [-0.1, -0.05) is 20.8 Å². The molecule has 1 unspecified atom stereocenters. The highest BCUT2D eigenvalue weighted by molar-refractivity contribution is 7.93. The third kappa shape index (κ3) is 5.27. The highest BCUT2D eigenvalue weighted by atomic mass is 32.2. The Morgan fingerprint density at radius 3 is 2.00 bits per heavy atom. The molecule has 144 valence electrons. The van der Waals surface area contributed by atoms with E-state index >= 15 is 0 Å². The fourth-order valence-electron chi connectivity index (χ4n) is 2.14. The van der Waals surface area contributed by atoms with Gasteiger partial charge in [0.15, 0.2) is 18.2 Å². The molecule has 1 aliphatic carbocycles. The van der Waals surface area contributed by atoms with Crippen molar-refractivity contribution < 1.29 is 25.4 Å². The Morgan fingerprint density at radius 2 is 1.62 bits per heavy atom. The fourth-order valence-corrected chi connectivity index (χ4v) is 5.87. The van der Waals surface area contributed by atoms with E-state index in [1.165, 1.54) is 0 Å². The van der Waals surface area contributed by atoms with Crippen LogP contribution in [0.15, 0.2) is 0 Å². The molecular weight excluding hydrogens is 368 g/mol. The van der Waals surface area contributed by atoms with Crippen LogP contribution in [0, 0.1) is 0 Å². The van der Waals surface area contributed by atoms with E-state index in [2.05, 4.69) is 33.9 Å². The molecule has 1 atom stereocenters. The summed E-state index contributed by atoms with van der Waals surface area (Å²) in [6, 6.07) is 0. The van der Waals surface area contributed by atoms with Gasteiger partial charge in [0.1, 0.15) is 0 Å². The molecule has 9 heteroatoms. The predicted molar refractivity (Wildman–Crippen MR) is 98.9 cm³/mol. The van der Waals surface area contributed by atoms with Crippen LogP contribution in [-0.4, -0.2) is 54.6 Å². The van der Waals surface area contributed by atoms with Crippen LogP contribution >= 0.6 is 0 Å². The molecule has 0 aromatic heterocycles. The zero-order chi connectivity index (χ0) is 19.0. The lowest BCUT2D eigenvalue weighted by molar-refractivity contribution is 0.279. The van der Waals surface area contributed by atoms with E-state index < -0.39 is 38.3 Å². The quantitative estimate of drug-likeness (QED) is 0.437. The highest BCUT2D eigenvalue weighted by Crippen LogP contribution is 2.46. The maximum absolute atomic E-state index is 12.8. The van der Waals surface area contributed by atoms with Gasteiger partial charge in [0, 0.05) is 6.61 Å². The van der Waals surface area contributed by atoms with Crippen LogP contribution in [0.3, 0.4) is 0 Å². The Hall–Kier alpha value is 0.0369. The van der Waals surface area contributed by atoms with Gasteiger partial charge in [0.25, 0.3) is 10.1 Å². The molecule has 6 nitrogen and oxygen atoms in total. The van der Waals surface area contributed by atoms with E-state index in [4.69, 9.17) is 8.61 Å². The Morgan fingerprint density at radius 1 is 1.12 bits per heavy atom. The molecule has 1 rings (SSSR count). The lowest BCUT2D eigenvalue weighted by atomic mass is 10.2. The molecule has 0 aromatic rings. The average molecular weight is 401 g/mol. The van der Waals surface area contributed by atoms with E-state index in [0.29, 0.717) is 25.9 Å². The molecule has 0 bridgehead atoms. The van der Waals surface area contributed by atoms with Gasteiger partial charge in [0.2, 0.25) is 0 Å². The Labute approximate surface area is 148 Å². The van der Waals surface area contributed by atoms with Crippen molar-refractivity contribution in [2.24, 2.45) is 0 Å². The van der Waals surface area contributed by atoms with Gasteiger partial charge in [-0.05, 0) is 44.3 Å².